The van der Waals surface area contributed by atoms with E-state index in [0.29, 0.717) is 0 Å². The molecule has 0 saturated carbocycles. The van der Waals surface area contributed by atoms with E-state index in [0.717, 1.165) is 25.3 Å². The van der Waals surface area contributed by atoms with Crippen molar-refractivity contribution in [1.82, 2.24) is 4.90 Å². The van der Waals surface area contributed by atoms with E-state index in [1.165, 1.54) is 50.8 Å². The zero-order valence-electron chi connectivity index (χ0n) is 12.2. The van der Waals surface area contributed by atoms with E-state index in [1.807, 2.05) is 0 Å². The Morgan fingerprint density at radius 3 is 2.32 bits per heavy atom. The summed E-state index contributed by atoms with van der Waals surface area (Å²) in [5.74, 6) is 1.01. The molecular formula is C17H27NO. The number of rotatable bonds is 6. The van der Waals surface area contributed by atoms with Gasteiger partial charge in [-0.15, -0.1) is 0 Å². The molecule has 1 saturated heterocycles. The second kappa shape index (κ2) is 8.21. The molecule has 1 aromatic rings. The van der Waals surface area contributed by atoms with Crippen molar-refractivity contribution in [2.75, 3.05) is 26.2 Å². The summed E-state index contributed by atoms with van der Waals surface area (Å²) in [7, 11) is 0. The smallest absolute Gasteiger partial charge is 0.119 e. The van der Waals surface area contributed by atoms with Crippen LogP contribution in [0.25, 0.3) is 0 Å². The van der Waals surface area contributed by atoms with Gasteiger partial charge in [0, 0.05) is 6.54 Å². The molecular weight excluding hydrogens is 234 g/mol. The molecule has 1 aliphatic rings. The Labute approximate surface area is 117 Å². The Morgan fingerprint density at radius 1 is 1.00 bits per heavy atom. The highest BCUT2D eigenvalue weighted by Crippen LogP contribution is 2.14. The Hall–Kier alpha value is -1.02. The Balaban J connectivity index is 1.69. The van der Waals surface area contributed by atoms with Crippen LogP contribution in [0.5, 0.6) is 5.75 Å². The maximum Gasteiger partial charge on any atom is 0.119 e. The molecule has 106 valence electrons. The summed E-state index contributed by atoms with van der Waals surface area (Å²) in [5.41, 5.74) is 1.40. The molecule has 1 heterocycles. The van der Waals surface area contributed by atoms with E-state index in [-0.39, 0.29) is 0 Å². The van der Waals surface area contributed by atoms with Crippen LogP contribution in [0.1, 0.15) is 44.6 Å². The van der Waals surface area contributed by atoms with Crippen LogP contribution < -0.4 is 4.74 Å². The van der Waals surface area contributed by atoms with E-state index >= 15 is 0 Å². The van der Waals surface area contributed by atoms with E-state index in [1.54, 1.807) is 0 Å². The van der Waals surface area contributed by atoms with Crippen molar-refractivity contribution in [3.63, 3.8) is 0 Å². The lowest BCUT2D eigenvalue weighted by Gasteiger charge is -2.19. The van der Waals surface area contributed by atoms with Gasteiger partial charge in [-0.2, -0.15) is 0 Å². The first-order chi connectivity index (χ1) is 9.38. The van der Waals surface area contributed by atoms with Crippen molar-refractivity contribution >= 4 is 0 Å². The van der Waals surface area contributed by atoms with Crippen LogP contribution >= 0.6 is 0 Å². The maximum atomic E-state index is 5.84. The monoisotopic (exact) mass is 261 g/mol. The molecule has 2 nitrogen and oxygen atoms in total. The molecule has 0 spiro atoms. The molecule has 0 unspecified atom stereocenters. The fourth-order valence-electron chi connectivity index (χ4n) is 2.69. The minimum atomic E-state index is 0.813. The van der Waals surface area contributed by atoms with Crippen LogP contribution in [0.3, 0.4) is 0 Å². The van der Waals surface area contributed by atoms with Crippen molar-refractivity contribution in [1.29, 1.82) is 0 Å². The molecule has 2 rings (SSSR count). The van der Waals surface area contributed by atoms with Gasteiger partial charge in [-0.05, 0) is 50.0 Å². The Bertz CT molecular complexity index is 339. The summed E-state index contributed by atoms with van der Waals surface area (Å²) >= 11 is 0. The third-order valence-electron chi connectivity index (χ3n) is 3.84. The van der Waals surface area contributed by atoms with Gasteiger partial charge in [0.1, 0.15) is 12.4 Å². The highest BCUT2D eigenvalue weighted by molar-refractivity contribution is 5.27. The fourth-order valence-corrected chi connectivity index (χ4v) is 2.69. The van der Waals surface area contributed by atoms with Crippen LogP contribution in [0, 0.1) is 0 Å². The van der Waals surface area contributed by atoms with Crippen molar-refractivity contribution in [3.8, 4) is 5.75 Å². The summed E-state index contributed by atoms with van der Waals surface area (Å²) in [4.78, 5) is 2.54. The lowest BCUT2D eigenvalue weighted by Crippen LogP contribution is -2.29. The molecule has 1 aromatic carbocycles. The van der Waals surface area contributed by atoms with Gasteiger partial charge in [0.2, 0.25) is 0 Å². The van der Waals surface area contributed by atoms with Gasteiger partial charge in [-0.25, -0.2) is 0 Å². The predicted molar refractivity (Wildman–Crippen MR) is 80.8 cm³/mol. The van der Waals surface area contributed by atoms with Crippen LogP contribution in [-0.4, -0.2) is 31.1 Å². The van der Waals surface area contributed by atoms with Crippen LogP contribution in [0.2, 0.25) is 0 Å². The van der Waals surface area contributed by atoms with Gasteiger partial charge in [-0.1, -0.05) is 38.3 Å². The van der Waals surface area contributed by atoms with E-state index in [4.69, 9.17) is 4.74 Å². The second-order valence-electron chi connectivity index (χ2n) is 5.50. The first-order valence-electron chi connectivity index (χ1n) is 7.82. The van der Waals surface area contributed by atoms with Gasteiger partial charge in [-0.3, -0.25) is 4.90 Å². The van der Waals surface area contributed by atoms with Crippen molar-refractivity contribution in [3.05, 3.63) is 29.8 Å². The molecule has 19 heavy (non-hydrogen) atoms. The zero-order chi connectivity index (χ0) is 13.3. The number of ether oxygens (including phenoxy) is 1. The third-order valence-corrected chi connectivity index (χ3v) is 3.84. The highest BCUT2D eigenvalue weighted by atomic mass is 16.5. The lowest BCUT2D eigenvalue weighted by atomic mass is 10.1. The third kappa shape index (κ3) is 5.23. The standard InChI is InChI=1S/C17H27NO/c1-2-7-16-8-10-17(11-9-16)19-15-14-18-12-5-3-4-6-13-18/h8-11H,2-7,12-15H2,1H3. The van der Waals surface area contributed by atoms with Gasteiger partial charge in [0.05, 0.1) is 0 Å². The molecule has 1 fully saturated rings. The number of hydrogen-bond acceptors (Lipinski definition) is 2. The number of nitrogens with zero attached hydrogens (tertiary/aromatic N) is 1. The SMILES string of the molecule is CCCc1ccc(OCCN2CCCCCC2)cc1. The van der Waals surface area contributed by atoms with Gasteiger partial charge in [0.15, 0.2) is 0 Å². The highest BCUT2D eigenvalue weighted by Gasteiger charge is 2.08. The number of hydrogen-bond donors (Lipinski definition) is 0. The lowest BCUT2D eigenvalue weighted by molar-refractivity contribution is 0.214. The van der Waals surface area contributed by atoms with Gasteiger partial charge >= 0.3 is 0 Å². The topological polar surface area (TPSA) is 12.5 Å². The Kier molecular flexibility index (Phi) is 6.22. The number of aryl methyl sites for hydroxylation is 1. The summed E-state index contributed by atoms with van der Waals surface area (Å²) < 4.78 is 5.84. The zero-order valence-corrected chi connectivity index (χ0v) is 12.2. The Morgan fingerprint density at radius 2 is 1.68 bits per heavy atom. The first-order valence-corrected chi connectivity index (χ1v) is 7.82. The minimum Gasteiger partial charge on any atom is -0.492 e. The summed E-state index contributed by atoms with van der Waals surface area (Å²) in [6.07, 6.45) is 7.87. The van der Waals surface area contributed by atoms with E-state index in [9.17, 15) is 0 Å². The quantitative estimate of drug-likeness (QED) is 0.770. The largest absolute Gasteiger partial charge is 0.492 e. The van der Waals surface area contributed by atoms with Crippen molar-refractivity contribution in [2.24, 2.45) is 0 Å². The molecule has 0 N–H and O–H groups in total. The first kappa shape index (κ1) is 14.4. The van der Waals surface area contributed by atoms with Gasteiger partial charge in [0.25, 0.3) is 0 Å². The van der Waals surface area contributed by atoms with Crippen LogP contribution in [0.15, 0.2) is 24.3 Å². The molecule has 0 aromatic heterocycles. The van der Waals surface area contributed by atoms with Crippen molar-refractivity contribution < 1.29 is 4.74 Å². The molecule has 0 amide bonds. The average molecular weight is 261 g/mol. The molecule has 0 radical (unpaired) electrons. The van der Waals surface area contributed by atoms with E-state index in [2.05, 4.69) is 36.1 Å². The van der Waals surface area contributed by atoms with Gasteiger partial charge < -0.3 is 4.74 Å². The van der Waals surface area contributed by atoms with E-state index < -0.39 is 0 Å². The fraction of sp³-hybridized carbons (Fsp3) is 0.647. The molecule has 2 heteroatoms. The number of likely N-dealkylation sites (tertiary alicyclic amines) is 1. The van der Waals surface area contributed by atoms with Crippen LogP contribution in [-0.2, 0) is 6.42 Å². The average Bonchev–Trinajstić information content (AvgIpc) is 2.70. The molecule has 0 atom stereocenters. The summed E-state index contributed by atoms with van der Waals surface area (Å²) in [5, 5.41) is 0. The summed E-state index contributed by atoms with van der Waals surface area (Å²) in [6.45, 7) is 6.59. The second-order valence-corrected chi connectivity index (χ2v) is 5.50. The van der Waals surface area contributed by atoms with Crippen LogP contribution in [0.4, 0.5) is 0 Å². The van der Waals surface area contributed by atoms with Crippen molar-refractivity contribution in [2.45, 2.75) is 45.4 Å². The molecule has 0 bridgehead atoms. The molecule has 0 aliphatic carbocycles. The predicted octanol–water partition coefficient (Wildman–Crippen LogP) is 3.89. The summed E-state index contributed by atoms with van der Waals surface area (Å²) in [6, 6.07) is 8.58. The minimum absolute atomic E-state index is 0.813. The number of benzene rings is 1. The maximum absolute atomic E-state index is 5.84. The normalized spacial score (nSPS) is 17.1. The molecule has 1 aliphatic heterocycles.